The average Bonchev–Trinajstić information content (AvgIpc) is 2.56. The molecule has 0 amide bonds. The highest BCUT2D eigenvalue weighted by atomic mass is 32.2. The van der Waals surface area contributed by atoms with Gasteiger partial charge in [0.15, 0.2) is 9.84 Å². The van der Waals surface area contributed by atoms with Gasteiger partial charge in [-0.15, -0.1) is 0 Å². The van der Waals surface area contributed by atoms with Gasteiger partial charge in [-0.25, -0.2) is 13.4 Å². The number of aromatic nitrogens is 2. The molecule has 1 fully saturated rings. The van der Waals surface area contributed by atoms with Crippen LogP contribution in [0.1, 0.15) is 6.42 Å². The fraction of sp³-hybridized carbons (Fsp3) is 0.556. The van der Waals surface area contributed by atoms with Gasteiger partial charge in [-0.05, 0) is 18.4 Å². The van der Waals surface area contributed by atoms with Crippen LogP contribution in [0.4, 0.5) is 11.8 Å². The van der Waals surface area contributed by atoms with Crippen LogP contribution in [0.2, 0.25) is 0 Å². The number of nitrogens with two attached hydrogens (primary N) is 1. The molecule has 1 saturated heterocycles. The van der Waals surface area contributed by atoms with Gasteiger partial charge in [-0.3, -0.25) is 0 Å². The molecule has 1 aliphatic heterocycles. The van der Waals surface area contributed by atoms with Crippen LogP contribution < -0.4 is 11.1 Å². The van der Waals surface area contributed by atoms with Gasteiger partial charge in [0.2, 0.25) is 5.95 Å². The quantitative estimate of drug-likeness (QED) is 0.768. The fourth-order valence-corrected chi connectivity index (χ4v) is 3.62. The number of rotatable bonds is 3. The number of nitrogens with one attached hydrogen (secondary N) is 1. The molecule has 0 saturated carbocycles. The summed E-state index contributed by atoms with van der Waals surface area (Å²) in [5, 5.41) is 3.07. The van der Waals surface area contributed by atoms with E-state index in [0.717, 1.165) is 6.42 Å². The molecule has 88 valence electrons. The van der Waals surface area contributed by atoms with E-state index in [1.54, 1.807) is 12.3 Å². The summed E-state index contributed by atoms with van der Waals surface area (Å²) in [7, 11) is -2.81. The van der Waals surface area contributed by atoms with Crippen molar-refractivity contribution in [3.8, 4) is 0 Å². The van der Waals surface area contributed by atoms with E-state index in [1.165, 1.54) is 0 Å². The summed E-state index contributed by atoms with van der Waals surface area (Å²) < 4.78 is 22.5. The van der Waals surface area contributed by atoms with Gasteiger partial charge < -0.3 is 11.1 Å². The molecular weight excluding hydrogens is 228 g/mol. The molecule has 0 aromatic carbocycles. The van der Waals surface area contributed by atoms with Gasteiger partial charge in [0.05, 0.1) is 11.5 Å². The van der Waals surface area contributed by atoms with Gasteiger partial charge in [0, 0.05) is 12.7 Å². The van der Waals surface area contributed by atoms with Gasteiger partial charge >= 0.3 is 0 Å². The van der Waals surface area contributed by atoms with E-state index in [-0.39, 0.29) is 17.6 Å². The first kappa shape index (κ1) is 11.1. The molecule has 2 heterocycles. The van der Waals surface area contributed by atoms with Crippen molar-refractivity contribution < 1.29 is 8.42 Å². The van der Waals surface area contributed by atoms with Gasteiger partial charge in [-0.1, -0.05) is 0 Å². The highest BCUT2D eigenvalue weighted by Crippen LogP contribution is 2.18. The number of nitrogen functional groups attached to an aromatic ring is 1. The molecule has 0 bridgehead atoms. The van der Waals surface area contributed by atoms with E-state index in [1.807, 2.05) is 0 Å². The molecule has 1 atom stereocenters. The Labute approximate surface area is 94.2 Å². The van der Waals surface area contributed by atoms with E-state index in [9.17, 15) is 8.42 Å². The van der Waals surface area contributed by atoms with E-state index < -0.39 is 9.84 Å². The summed E-state index contributed by atoms with van der Waals surface area (Å²) in [6, 6.07) is 1.71. The Hall–Kier alpha value is -1.37. The molecule has 16 heavy (non-hydrogen) atoms. The van der Waals surface area contributed by atoms with Crippen molar-refractivity contribution >= 4 is 21.6 Å². The maximum atomic E-state index is 11.2. The lowest BCUT2D eigenvalue weighted by atomic mass is 10.1. The number of anilines is 2. The molecule has 1 aliphatic rings. The van der Waals surface area contributed by atoms with Crippen LogP contribution in [0.3, 0.4) is 0 Å². The van der Waals surface area contributed by atoms with Crippen LogP contribution in [-0.2, 0) is 9.84 Å². The van der Waals surface area contributed by atoms with Crippen LogP contribution in [0.15, 0.2) is 12.3 Å². The highest BCUT2D eigenvalue weighted by Gasteiger charge is 2.27. The molecular formula is C9H14N4O2S. The molecule has 7 heteroatoms. The zero-order valence-corrected chi connectivity index (χ0v) is 9.57. The zero-order chi connectivity index (χ0) is 11.6. The molecule has 1 unspecified atom stereocenters. The number of hydrogen-bond donors (Lipinski definition) is 2. The lowest BCUT2D eigenvalue weighted by Gasteiger charge is -2.09. The first-order valence-corrected chi connectivity index (χ1v) is 6.90. The van der Waals surface area contributed by atoms with Crippen molar-refractivity contribution in [2.75, 3.05) is 29.1 Å². The Morgan fingerprint density at radius 3 is 3.00 bits per heavy atom. The Bertz CT molecular complexity index is 474. The highest BCUT2D eigenvalue weighted by molar-refractivity contribution is 7.91. The van der Waals surface area contributed by atoms with Gasteiger partial charge in [0.25, 0.3) is 0 Å². The van der Waals surface area contributed by atoms with Crippen LogP contribution in [-0.4, -0.2) is 36.4 Å². The van der Waals surface area contributed by atoms with Crippen LogP contribution in [0.5, 0.6) is 0 Å². The fourth-order valence-electron chi connectivity index (χ4n) is 1.75. The summed E-state index contributed by atoms with van der Waals surface area (Å²) in [6.45, 7) is 0.607. The largest absolute Gasteiger partial charge is 0.370 e. The molecule has 0 aliphatic carbocycles. The monoisotopic (exact) mass is 242 g/mol. The zero-order valence-electron chi connectivity index (χ0n) is 8.76. The molecule has 6 nitrogen and oxygen atoms in total. The third-order valence-electron chi connectivity index (χ3n) is 2.57. The molecule has 0 radical (unpaired) electrons. The van der Waals surface area contributed by atoms with Crippen molar-refractivity contribution in [2.24, 2.45) is 5.92 Å². The minimum atomic E-state index is -2.81. The predicted octanol–water partition coefficient (Wildman–Crippen LogP) is -0.0946. The van der Waals surface area contributed by atoms with Crippen molar-refractivity contribution in [1.82, 2.24) is 9.97 Å². The SMILES string of the molecule is Nc1nccc(NCC2CCS(=O)(=O)C2)n1. The van der Waals surface area contributed by atoms with E-state index in [0.29, 0.717) is 18.1 Å². The third-order valence-corrected chi connectivity index (χ3v) is 4.41. The standard InChI is InChI=1S/C9H14N4O2S/c10-9-11-3-1-8(13-9)12-5-7-2-4-16(14,15)6-7/h1,3,7H,2,4-6H2,(H3,10,11,12,13). The summed E-state index contributed by atoms with van der Waals surface area (Å²) in [5.74, 6) is 1.58. The summed E-state index contributed by atoms with van der Waals surface area (Å²) in [5.41, 5.74) is 5.43. The first-order chi connectivity index (χ1) is 7.55. The molecule has 1 aromatic rings. The maximum Gasteiger partial charge on any atom is 0.221 e. The van der Waals surface area contributed by atoms with Gasteiger partial charge in [-0.2, -0.15) is 4.98 Å². The lowest BCUT2D eigenvalue weighted by Crippen LogP contribution is -2.16. The van der Waals surface area contributed by atoms with Crippen LogP contribution >= 0.6 is 0 Å². The van der Waals surface area contributed by atoms with E-state index >= 15 is 0 Å². The summed E-state index contributed by atoms with van der Waals surface area (Å²) >= 11 is 0. The molecule has 0 spiro atoms. The van der Waals surface area contributed by atoms with Crippen LogP contribution in [0, 0.1) is 5.92 Å². The normalized spacial score (nSPS) is 23.1. The second-order valence-electron chi connectivity index (χ2n) is 3.95. The maximum absolute atomic E-state index is 11.2. The number of nitrogens with zero attached hydrogens (tertiary/aromatic N) is 2. The van der Waals surface area contributed by atoms with Crippen molar-refractivity contribution in [3.05, 3.63) is 12.3 Å². The second kappa shape index (κ2) is 4.25. The smallest absolute Gasteiger partial charge is 0.221 e. The van der Waals surface area contributed by atoms with E-state index in [2.05, 4.69) is 15.3 Å². The Balaban J connectivity index is 1.89. The number of hydrogen-bond acceptors (Lipinski definition) is 6. The molecule has 1 aromatic heterocycles. The van der Waals surface area contributed by atoms with Gasteiger partial charge in [0.1, 0.15) is 5.82 Å². The summed E-state index contributed by atoms with van der Waals surface area (Å²) in [6.07, 6.45) is 2.28. The molecule has 3 N–H and O–H groups in total. The minimum Gasteiger partial charge on any atom is -0.370 e. The Kier molecular flexibility index (Phi) is 2.95. The molecule has 2 rings (SSSR count). The van der Waals surface area contributed by atoms with Crippen LogP contribution in [0.25, 0.3) is 0 Å². The predicted molar refractivity (Wildman–Crippen MR) is 61.7 cm³/mol. The third kappa shape index (κ3) is 2.82. The summed E-state index contributed by atoms with van der Waals surface area (Å²) in [4.78, 5) is 7.75. The topological polar surface area (TPSA) is 98.0 Å². The number of sulfone groups is 1. The van der Waals surface area contributed by atoms with E-state index in [4.69, 9.17) is 5.73 Å². The second-order valence-corrected chi connectivity index (χ2v) is 6.18. The average molecular weight is 242 g/mol. The van der Waals surface area contributed by atoms with Crippen molar-refractivity contribution in [1.29, 1.82) is 0 Å². The lowest BCUT2D eigenvalue weighted by molar-refractivity contribution is 0.595. The Morgan fingerprint density at radius 2 is 2.38 bits per heavy atom. The minimum absolute atomic E-state index is 0.168. The van der Waals surface area contributed by atoms with Crippen molar-refractivity contribution in [3.63, 3.8) is 0 Å². The Morgan fingerprint density at radius 1 is 1.56 bits per heavy atom. The van der Waals surface area contributed by atoms with Crippen molar-refractivity contribution in [2.45, 2.75) is 6.42 Å². The first-order valence-electron chi connectivity index (χ1n) is 5.08.